The minimum absolute atomic E-state index is 0. The molecule has 2 aromatic rings. The zero-order chi connectivity index (χ0) is 18.9. The molecule has 0 aromatic heterocycles. The maximum absolute atomic E-state index is 5.72. The standard InChI is InChI=1S/2C6HCl5S.Mg/c2*7-1-2(8)4(10)6(12)5(11)3(1)9;/h2*12H;. The van der Waals surface area contributed by atoms with Gasteiger partial charge in [0, 0.05) is 32.8 Å². The number of halogens is 10. The van der Waals surface area contributed by atoms with Gasteiger partial charge < -0.3 is 0 Å². The van der Waals surface area contributed by atoms with E-state index in [0.29, 0.717) is 9.79 Å². The van der Waals surface area contributed by atoms with Crippen LogP contribution in [0.25, 0.3) is 0 Å². The number of thiol groups is 2. The molecule has 25 heavy (non-hydrogen) atoms. The molecule has 134 valence electrons. The lowest BCUT2D eigenvalue weighted by molar-refractivity contribution is 1.47. The molecule has 0 aliphatic rings. The summed E-state index contributed by atoms with van der Waals surface area (Å²) in [5.41, 5.74) is 0. The quantitative estimate of drug-likeness (QED) is 0.130. The fourth-order valence-electron chi connectivity index (χ4n) is 1.19. The molecular weight excluding hydrogens is 587 g/mol. The Kier molecular flexibility index (Phi) is 13.2. The average molecular weight is 589 g/mol. The van der Waals surface area contributed by atoms with E-state index < -0.39 is 0 Å². The van der Waals surface area contributed by atoms with Crippen molar-refractivity contribution >= 4 is 164 Å². The van der Waals surface area contributed by atoms with Gasteiger partial charge in [-0.1, -0.05) is 116 Å². The summed E-state index contributed by atoms with van der Waals surface area (Å²) in [6.45, 7) is 0. The maximum Gasteiger partial charge on any atom is 0.0809 e. The van der Waals surface area contributed by atoms with Crippen LogP contribution in [0.3, 0.4) is 0 Å². The largest absolute Gasteiger partial charge is 0.140 e. The Morgan fingerprint density at radius 3 is 0.600 bits per heavy atom. The fourth-order valence-corrected chi connectivity index (χ4v) is 4.17. The third-order valence-electron chi connectivity index (χ3n) is 2.37. The molecule has 0 aliphatic carbocycles. The van der Waals surface area contributed by atoms with Gasteiger partial charge in [-0.15, -0.1) is 25.3 Å². The van der Waals surface area contributed by atoms with Gasteiger partial charge in [0.1, 0.15) is 0 Å². The highest BCUT2D eigenvalue weighted by Crippen LogP contribution is 2.46. The molecule has 0 saturated carbocycles. The summed E-state index contributed by atoms with van der Waals surface area (Å²) < 4.78 is 0. The minimum Gasteiger partial charge on any atom is -0.140 e. The maximum atomic E-state index is 5.72. The Morgan fingerprint density at radius 1 is 0.320 bits per heavy atom. The van der Waals surface area contributed by atoms with Gasteiger partial charge in [-0.2, -0.15) is 0 Å². The normalized spacial score (nSPS) is 10.1. The average Bonchev–Trinajstić information content (AvgIpc) is 2.58. The Labute approximate surface area is 221 Å². The van der Waals surface area contributed by atoms with E-state index in [9.17, 15) is 0 Å². The molecule has 0 unspecified atom stereocenters. The molecule has 0 atom stereocenters. The van der Waals surface area contributed by atoms with E-state index >= 15 is 0 Å². The zero-order valence-electron chi connectivity index (χ0n) is 11.4. The zero-order valence-corrected chi connectivity index (χ0v) is 22.1. The molecule has 0 spiro atoms. The Hall–Kier alpha value is 2.81. The van der Waals surface area contributed by atoms with Crippen molar-refractivity contribution in [2.45, 2.75) is 9.79 Å². The van der Waals surface area contributed by atoms with E-state index in [1.54, 1.807) is 0 Å². The first kappa shape index (κ1) is 27.8. The van der Waals surface area contributed by atoms with Gasteiger partial charge in [0.25, 0.3) is 0 Å². The molecule has 0 aliphatic heterocycles. The summed E-state index contributed by atoms with van der Waals surface area (Å²) >= 11 is 65.1. The van der Waals surface area contributed by atoms with Crippen LogP contribution in [-0.2, 0) is 0 Å². The van der Waals surface area contributed by atoms with Crippen LogP contribution in [0.2, 0.25) is 50.2 Å². The van der Waals surface area contributed by atoms with E-state index in [4.69, 9.17) is 116 Å². The first-order valence-electron chi connectivity index (χ1n) is 5.34. The van der Waals surface area contributed by atoms with Crippen molar-refractivity contribution in [1.29, 1.82) is 0 Å². The number of hydrogen-bond acceptors (Lipinski definition) is 2. The van der Waals surface area contributed by atoms with Crippen molar-refractivity contribution < 1.29 is 0 Å². The van der Waals surface area contributed by atoms with E-state index in [0.717, 1.165) is 0 Å². The van der Waals surface area contributed by atoms with Crippen LogP contribution in [0.5, 0.6) is 0 Å². The van der Waals surface area contributed by atoms with Crippen LogP contribution in [-0.4, -0.2) is 23.1 Å². The van der Waals surface area contributed by atoms with Gasteiger partial charge in [-0.25, -0.2) is 0 Å². The summed E-state index contributed by atoms with van der Waals surface area (Å²) in [4.78, 5) is 0.662. The van der Waals surface area contributed by atoms with Crippen molar-refractivity contribution in [1.82, 2.24) is 0 Å². The fraction of sp³-hybridized carbons (Fsp3) is 0. The number of rotatable bonds is 0. The van der Waals surface area contributed by atoms with Crippen molar-refractivity contribution in [2.24, 2.45) is 0 Å². The lowest BCUT2D eigenvalue weighted by Gasteiger charge is -2.07. The highest BCUT2D eigenvalue weighted by Gasteiger charge is 2.17. The lowest BCUT2D eigenvalue weighted by atomic mass is 10.3. The predicted molar refractivity (Wildman–Crippen MR) is 123 cm³/mol. The van der Waals surface area contributed by atoms with E-state index in [1.165, 1.54) is 0 Å². The molecular formula is C12H2Cl10MgS2. The smallest absolute Gasteiger partial charge is 0.0809 e. The molecule has 0 N–H and O–H groups in total. The third kappa shape index (κ3) is 6.39. The van der Waals surface area contributed by atoms with Crippen LogP contribution in [0.1, 0.15) is 0 Å². The van der Waals surface area contributed by atoms with E-state index in [2.05, 4.69) is 25.3 Å². The van der Waals surface area contributed by atoms with Crippen molar-refractivity contribution in [3.63, 3.8) is 0 Å². The third-order valence-corrected chi connectivity index (χ3v) is 8.35. The number of hydrogen-bond donors (Lipinski definition) is 2. The highest BCUT2D eigenvalue weighted by atomic mass is 35.5. The van der Waals surface area contributed by atoms with Crippen LogP contribution >= 0.6 is 141 Å². The molecule has 13 heteroatoms. The molecule has 2 radical (unpaired) electrons. The molecule has 0 heterocycles. The van der Waals surface area contributed by atoms with Gasteiger partial charge in [0.05, 0.1) is 50.2 Å². The molecule has 0 bridgehead atoms. The Bertz CT molecular complexity index is 534. The summed E-state index contributed by atoms with van der Waals surface area (Å²) in [5, 5.41) is 1.78. The lowest BCUT2D eigenvalue weighted by Crippen LogP contribution is -1.80. The molecule has 2 aromatic carbocycles. The molecule has 0 amide bonds. The van der Waals surface area contributed by atoms with Gasteiger partial charge in [-0.3, -0.25) is 0 Å². The first-order chi connectivity index (χ1) is 10.9. The van der Waals surface area contributed by atoms with Crippen molar-refractivity contribution in [2.75, 3.05) is 0 Å². The van der Waals surface area contributed by atoms with Crippen molar-refractivity contribution in [3.05, 3.63) is 50.2 Å². The summed E-state index contributed by atoms with van der Waals surface area (Å²) in [5.74, 6) is 0. The summed E-state index contributed by atoms with van der Waals surface area (Å²) in [6.07, 6.45) is 0. The second-order valence-electron chi connectivity index (χ2n) is 3.84. The minimum atomic E-state index is 0. The van der Waals surface area contributed by atoms with Crippen LogP contribution < -0.4 is 0 Å². The van der Waals surface area contributed by atoms with Gasteiger partial charge >= 0.3 is 0 Å². The van der Waals surface area contributed by atoms with Crippen LogP contribution in [0.4, 0.5) is 0 Å². The SMILES string of the molecule is Sc1c(Cl)c(Cl)c(Cl)c(Cl)c1Cl.Sc1c(Cl)c(Cl)c(Cl)c(Cl)c1Cl.[Mg]. The second-order valence-corrected chi connectivity index (χ2v) is 8.51. The topological polar surface area (TPSA) is 0 Å². The molecule has 0 nitrogen and oxygen atoms in total. The second kappa shape index (κ2) is 11.9. The predicted octanol–water partition coefficient (Wildman–Crippen LogP) is 10.1. The first-order valence-corrected chi connectivity index (χ1v) is 10.0. The Morgan fingerprint density at radius 2 is 0.440 bits per heavy atom. The van der Waals surface area contributed by atoms with Gasteiger partial charge in [-0.05, 0) is 0 Å². The summed E-state index contributed by atoms with van der Waals surface area (Å²) in [6, 6.07) is 0. The van der Waals surface area contributed by atoms with E-state index in [-0.39, 0.29) is 73.3 Å². The van der Waals surface area contributed by atoms with E-state index in [1.807, 2.05) is 0 Å². The van der Waals surface area contributed by atoms with Crippen LogP contribution in [0, 0.1) is 0 Å². The monoisotopic (exact) mass is 584 g/mol. The summed E-state index contributed by atoms with van der Waals surface area (Å²) in [7, 11) is 0. The number of benzene rings is 2. The van der Waals surface area contributed by atoms with Crippen LogP contribution in [0.15, 0.2) is 9.79 Å². The molecule has 0 fully saturated rings. The molecule has 0 saturated heterocycles. The Balaban J connectivity index is 0.000000443. The van der Waals surface area contributed by atoms with Gasteiger partial charge in [0.15, 0.2) is 0 Å². The highest BCUT2D eigenvalue weighted by molar-refractivity contribution is 7.80. The van der Waals surface area contributed by atoms with Gasteiger partial charge in [0.2, 0.25) is 0 Å². The molecule has 2 rings (SSSR count). The van der Waals surface area contributed by atoms with Crippen molar-refractivity contribution in [3.8, 4) is 0 Å².